The average molecular weight is 501 g/mol. The van der Waals surface area contributed by atoms with Gasteiger partial charge in [-0.2, -0.15) is 4.89 Å². The molecule has 38 heavy (non-hydrogen) atoms. The average Bonchev–Trinajstić information content (AvgIpc) is 2.95. The number of esters is 1. The highest BCUT2D eigenvalue weighted by Crippen LogP contribution is 2.24. The molecule has 4 heteroatoms. The number of carbonyl (C=O) groups is 1. The van der Waals surface area contributed by atoms with E-state index in [0.29, 0.717) is 17.1 Å². The molecular weight excluding hydrogens is 472 g/mol. The molecule has 188 valence electrons. The smallest absolute Gasteiger partial charge is 0.343 e. The lowest BCUT2D eigenvalue weighted by Crippen LogP contribution is -2.08. The first-order valence-corrected chi connectivity index (χ1v) is 12.5. The minimum atomic E-state index is -0.438. The molecule has 0 aromatic heterocycles. The molecule has 0 bridgehead atoms. The van der Waals surface area contributed by atoms with Gasteiger partial charge in [0.15, 0.2) is 5.75 Å². The Balaban J connectivity index is 1.14. The molecule has 0 fully saturated rings. The summed E-state index contributed by atoms with van der Waals surface area (Å²) >= 11 is 0. The standard InChI is InChI=1S/C34H28O4/c1-24-6-12-27(13-7-24)29-16-10-26(11-17-29)23-36-38-33-5-3-4-32(22-33)37-34(35)31-20-18-30(19-21-31)28-14-8-25(2)9-15-28/h3-22H,23H2,1-2H3. The molecule has 5 aromatic rings. The Kier molecular flexibility index (Phi) is 7.62. The van der Waals surface area contributed by atoms with Gasteiger partial charge in [0.25, 0.3) is 0 Å². The van der Waals surface area contributed by atoms with Crippen LogP contribution in [-0.4, -0.2) is 5.97 Å². The van der Waals surface area contributed by atoms with Crippen LogP contribution in [0.2, 0.25) is 0 Å². The van der Waals surface area contributed by atoms with E-state index in [1.165, 1.54) is 16.7 Å². The van der Waals surface area contributed by atoms with Crippen LogP contribution in [0.1, 0.15) is 27.0 Å². The number of hydrogen-bond acceptors (Lipinski definition) is 4. The highest BCUT2D eigenvalue weighted by molar-refractivity contribution is 5.91. The van der Waals surface area contributed by atoms with Crippen LogP contribution in [0.5, 0.6) is 11.5 Å². The third-order valence-corrected chi connectivity index (χ3v) is 6.24. The molecule has 5 aromatic carbocycles. The van der Waals surface area contributed by atoms with Gasteiger partial charge in [0, 0.05) is 6.07 Å². The van der Waals surface area contributed by atoms with E-state index in [-0.39, 0.29) is 6.61 Å². The number of aryl methyl sites for hydroxylation is 2. The second-order valence-corrected chi connectivity index (χ2v) is 9.22. The van der Waals surface area contributed by atoms with Gasteiger partial charge in [-0.3, -0.25) is 0 Å². The monoisotopic (exact) mass is 500 g/mol. The van der Waals surface area contributed by atoms with E-state index in [4.69, 9.17) is 14.5 Å². The van der Waals surface area contributed by atoms with Crippen LogP contribution in [0.15, 0.2) is 121 Å². The summed E-state index contributed by atoms with van der Waals surface area (Å²) in [7, 11) is 0. The lowest BCUT2D eigenvalue weighted by Gasteiger charge is -2.09. The molecule has 0 saturated carbocycles. The van der Waals surface area contributed by atoms with Crippen molar-refractivity contribution in [3.05, 3.63) is 144 Å². The van der Waals surface area contributed by atoms with E-state index in [0.717, 1.165) is 22.3 Å². The molecule has 0 aliphatic heterocycles. The number of hydrogen-bond donors (Lipinski definition) is 0. The molecule has 0 N–H and O–H groups in total. The SMILES string of the molecule is Cc1ccc(-c2ccc(COOc3cccc(OC(=O)c4ccc(-c5ccc(C)cc5)cc4)c3)cc2)cc1. The Morgan fingerprint density at radius 1 is 0.579 bits per heavy atom. The first-order valence-electron chi connectivity index (χ1n) is 12.5. The van der Waals surface area contributed by atoms with E-state index in [1.807, 2.05) is 24.3 Å². The molecule has 4 nitrogen and oxygen atoms in total. The molecule has 0 heterocycles. The zero-order chi connectivity index (χ0) is 26.3. The van der Waals surface area contributed by atoms with Gasteiger partial charge in [-0.25, -0.2) is 4.79 Å². The molecule has 0 amide bonds. The summed E-state index contributed by atoms with van der Waals surface area (Å²) in [6, 6.07) is 39.1. The first kappa shape index (κ1) is 25.0. The lowest BCUT2D eigenvalue weighted by molar-refractivity contribution is -0.217. The summed E-state index contributed by atoms with van der Waals surface area (Å²) in [6.07, 6.45) is 0. The zero-order valence-electron chi connectivity index (χ0n) is 21.4. The van der Waals surface area contributed by atoms with Crippen LogP contribution in [-0.2, 0) is 11.5 Å². The summed E-state index contributed by atoms with van der Waals surface area (Å²) in [5, 5.41) is 0. The Hall–Kier alpha value is -4.67. The van der Waals surface area contributed by atoms with Crippen molar-refractivity contribution in [1.82, 2.24) is 0 Å². The lowest BCUT2D eigenvalue weighted by atomic mass is 10.0. The van der Waals surface area contributed by atoms with Crippen molar-refractivity contribution in [2.45, 2.75) is 20.5 Å². The molecular formula is C34H28O4. The summed E-state index contributed by atoms with van der Waals surface area (Å²) in [5.41, 5.74) is 8.36. The maximum absolute atomic E-state index is 12.7. The zero-order valence-corrected chi connectivity index (χ0v) is 21.4. The molecule has 0 unspecified atom stereocenters. The van der Waals surface area contributed by atoms with Crippen molar-refractivity contribution in [2.75, 3.05) is 0 Å². The first-order chi connectivity index (χ1) is 18.5. The van der Waals surface area contributed by atoms with Gasteiger partial charge in [-0.1, -0.05) is 102 Å². The fourth-order valence-electron chi connectivity index (χ4n) is 4.01. The second-order valence-electron chi connectivity index (χ2n) is 9.22. The van der Waals surface area contributed by atoms with Crippen LogP contribution in [0.4, 0.5) is 0 Å². The normalized spacial score (nSPS) is 10.7. The Morgan fingerprint density at radius 3 is 1.61 bits per heavy atom. The van der Waals surface area contributed by atoms with Crippen molar-refractivity contribution in [1.29, 1.82) is 0 Å². The van der Waals surface area contributed by atoms with Crippen LogP contribution in [0, 0.1) is 13.8 Å². The van der Waals surface area contributed by atoms with Crippen molar-refractivity contribution in [2.24, 2.45) is 0 Å². The van der Waals surface area contributed by atoms with Crippen molar-refractivity contribution < 1.29 is 19.3 Å². The molecule has 0 atom stereocenters. The van der Waals surface area contributed by atoms with E-state index in [1.54, 1.807) is 36.4 Å². The van der Waals surface area contributed by atoms with E-state index in [2.05, 4.69) is 74.5 Å². The van der Waals surface area contributed by atoms with Crippen LogP contribution in [0.3, 0.4) is 0 Å². The maximum atomic E-state index is 12.7. The van der Waals surface area contributed by atoms with Crippen molar-refractivity contribution in [3.8, 4) is 33.8 Å². The van der Waals surface area contributed by atoms with Gasteiger partial charge in [0.2, 0.25) is 0 Å². The Labute approximate surface area is 223 Å². The minimum absolute atomic E-state index is 0.283. The maximum Gasteiger partial charge on any atom is 0.343 e. The predicted molar refractivity (Wildman–Crippen MR) is 150 cm³/mol. The van der Waals surface area contributed by atoms with E-state index in [9.17, 15) is 4.79 Å². The van der Waals surface area contributed by atoms with Gasteiger partial charge in [-0.15, -0.1) is 0 Å². The summed E-state index contributed by atoms with van der Waals surface area (Å²) in [5.74, 6) is 0.384. The Morgan fingerprint density at radius 2 is 1.05 bits per heavy atom. The molecule has 0 aliphatic carbocycles. The predicted octanol–water partition coefficient (Wildman–Crippen LogP) is 8.37. The topological polar surface area (TPSA) is 44.8 Å². The Bertz CT molecular complexity index is 1500. The van der Waals surface area contributed by atoms with Crippen LogP contribution in [0.25, 0.3) is 22.3 Å². The number of benzene rings is 5. The molecule has 0 aliphatic rings. The summed E-state index contributed by atoms with van der Waals surface area (Å²) in [4.78, 5) is 23.6. The van der Waals surface area contributed by atoms with Gasteiger partial charge >= 0.3 is 5.97 Å². The molecule has 0 saturated heterocycles. The summed E-state index contributed by atoms with van der Waals surface area (Å²) < 4.78 is 5.56. The molecule has 0 spiro atoms. The van der Waals surface area contributed by atoms with Gasteiger partial charge in [-0.05, 0) is 65.9 Å². The summed E-state index contributed by atoms with van der Waals surface area (Å²) in [6.45, 7) is 4.42. The highest BCUT2D eigenvalue weighted by Gasteiger charge is 2.10. The van der Waals surface area contributed by atoms with Gasteiger partial charge in [0.05, 0.1) is 5.56 Å². The fourth-order valence-corrected chi connectivity index (χ4v) is 4.01. The highest BCUT2D eigenvalue weighted by atomic mass is 17.2. The van der Waals surface area contributed by atoms with Crippen molar-refractivity contribution in [3.63, 3.8) is 0 Å². The second kappa shape index (κ2) is 11.6. The fraction of sp³-hybridized carbons (Fsp3) is 0.0882. The van der Waals surface area contributed by atoms with E-state index < -0.39 is 5.97 Å². The van der Waals surface area contributed by atoms with Gasteiger partial charge < -0.3 is 9.62 Å². The molecule has 0 radical (unpaired) electrons. The minimum Gasteiger partial charge on any atom is -0.423 e. The number of carbonyl (C=O) groups excluding carboxylic acids is 1. The van der Waals surface area contributed by atoms with E-state index >= 15 is 0 Å². The third-order valence-electron chi connectivity index (χ3n) is 6.24. The number of ether oxygens (including phenoxy) is 1. The van der Waals surface area contributed by atoms with Crippen LogP contribution >= 0.6 is 0 Å². The molecule has 5 rings (SSSR count). The van der Waals surface area contributed by atoms with Gasteiger partial charge in [0.1, 0.15) is 12.4 Å². The number of rotatable bonds is 8. The van der Waals surface area contributed by atoms with Crippen LogP contribution < -0.4 is 9.62 Å². The quantitative estimate of drug-likeness (QED) is 0.0929. The third kappa shape index (κ3) is 6.36. The van der Waals surface area contributed by atoms with Crippen molar-refractivity contribution >= 4 is 5.97 Å². The largest absolute Gasteiger partial charge is 0.423 e.